The van der Waals surface area contributed by atoms with Crippen molar-refractivity contribution in [3.8, 4) is 0 Å². The predicted molar refractivity (Wildman–Crippen MR) is 23.9 cm³/mol. The highest BCUT2D eigenvalue weighted by Gasteiger charge is 2.57. The first kappa shape index (κ1) is 6.61. The molecule has 0 saturated carbocycles. The van der Waals surface area contributed by atoms with Crippen LogP contribution in [0.15, 0.2) is 10.9 Å². The number of alkyl halides is 2. The van der Waals surface area contributed by atoms with Gasteiger partial charge in [0.1, 0.15) is 5.03 Å². The molecule has 0 unspecified atom stereocenters. The zero-order valence-electron chi connectivity index (χ0n) is 3.92. The zero-order valence-corrected chi connectivity index (χ0v) is 4.68. The number of rotatable bonds is 0. The number of Topliss-reactive ketones (excluding diaryl/α,β-unsaturated/α-hetero) is 1. The Kier molecular flexibility index (Phi) is 1.10. The number of ketones is 1. The van der Waals surface area contributed by atoms with Gasteiger partial charge >= 0.3 is 5.92 Å². The molecule has 5 heteroatoms. The Labute approximate surface area is 53.1 Å². The lowest BCUT2D eigenvalue weighted by Crippen LogP contribution is -2.39. The quantitative estimate of drug-likeness (QED) is 0.521. The molecule has 50 valence electrons. The maximum Gasteiger partial charge on any atom is 0.363 e. The van der Waals surface area contributed by atoms with Gasteiger partial charge in [-0.3, -0.25) is 4.79 Å². The molecule has 0 amide bonds. The predicted octanol–water partition coefficient (Wildman–Crippen LogP) is 1.62. The topological polar surface area (TPSA) is 17.1 Å². The minimum Gasteiger partial charge on any atom is -0.286 e. The minimum absolute atomic E-state index is 0.986. The second-order valence-corrected chi connectivity index (χ2v) is 1.91. The SMILES string of the molecule is O=C1C(Cl)=C(F)C1(F)F. The van der Waals surface area contributed by atoms with Crippen molar-refractivity contribution in [3.63, 3.8) is 0 Å². The number of allylic oxidation sites excluding steroid dienone is 2. The van der Waals surface area contributed by atoms with Gasteiger partial charge in [-0.15, -0.1) is 0 Å². The average Bonchev–Trinajstić information content (AvgIpc) is 1.84. The molecule has 1 aliphatic rings. The summed E-state index contributed by atoms with van der Waals surface area (Å²) >= 11 is 4.71. The molecule has 0 spiro atoms. The molecule has 9 heavy (non-hydrogen) atoms. The summed E-state index contributed by atoms with van der Waals surface area (Å²) in [7, 11) is 0. The maximum absolute atomic E-state index is 11.7. The fourth-order valence-corrected chi connectivity index (χ4v) is 0.650. The van der Waals surface area contributed by atoms with Crippen molar-refractivity contribution >= 4 is 17.4 Å². The number of carbonyl (C=O) groups excluding carboxylic acids is 1. The van der Waals surface area contributed by atoms with Gasteiger partial charge < -0.3 is 0 Å². The van der Waals surface area contributed by atoms with E-state index in [1.54, 1.807) is 0 Å². The molecule has 0 aromatic carbocycles. The summed E-state index contributed by atoms with van der Waals surface area (Å²) in [5.74, 6) is -7.41. The van der Waals surface area contributed by atoms with Crippen LogP contribution in [-0.2, 0) is 4.79 Å². The highest BCUT2D eigenvalue weighted by molar-refractivity contribution is 6.47. The van der Waals surface area contributed by atoms with Crippen LogP contribution in [0.4, 0.5) is 13.2 Å². The summed E-state index contributed by atoms with van der Waals surface area (Å²) < 4.78 is 35.1. The summed E-state index contributed by atoms with van der Waals surface area (Å²) in [4.78, 5) is 9.91. The van der Waals surface area contributed by atoms with Crippen LogP contribution in [0, 0.1) is 0 Å². The first-order valence-electron chi connectivity index (χ1n) is 1.96. The van der Waals surface area contributed by atoms with Crippen LogP contribution in [0.3, 0.4) is 0 Å². The molecular formula is C4ClF3O. The van der Waals surface area contributed by atoms with Gasteiger partial charge in [-0.25, -0.2) is 4.39 Å². The van der Waals surface area contributed by atoms with Gasteiger partial charge in [0.15, 0.2) is 5.83 Å². The molecule has 0 aliphatic heterocycles. The van der Waals surface area contributed by atoms with E-state index in [2.05, 4.69) is 0 Å². The first-order chi connectivity index (χ1) is 3.98. The molecule has 0 aromatic heterocycles. The Hall–Kier alpha value is -0.510. The van der Waals surface area contributed by atoms with E-state index in [9.17, 15) is 18.0 Å². The molecule has 1 nitrogen and oxygen atoms in total. The van der Waals surface area contributed by atoms with Gasteiger partial charge in [-0.1, -0.05) is 11.6 Å². The second-order valence-electron chi connectivity index (χ2n) is 1.53. The van der Waals surface area contributed by atoms with E-state index in [1.165, 1.54) is 0 Å². The third kappa shape index (κ3) is 0.594. The maximum atomic E-state index is 11.7. The average molecular weight is 156 g/mol. The molecule has 1 rings (SSSR count). The van der Waals surface area contributed by atoms with E-state index in [0.29, 0.717) is 0 Å². The number of hydrogen-bond donors (Lipinski definition) is 0. The van der Waals surface area contributed by atoms with E-state index in [0.717, 1.165) is 0 Å². The number of hydrogen-bond acceptors (Lipinski definition) is 1. The van der Waals surface area contributed by atoms with Crippen LogP contribution in [0.25, 0.3) is 0 Å². The monoisotopic (exact) mass is 156 g/mol. The van der Waals surface area contributed by atoms with Gasteiger partial charge in [0.25, 0.3) is 5.78 Å². The van der Waals surface area contributed by atoms with Crippen molar-refractivity contribution in [2.45, 2.75) is 5.92 Å². The van der Waals surface area contributed by atoms with Crippen LogP contribution in [-0.4, -0.2) is 11.7 Å². The number of carbonyl (C=O) groups is 1. The fraction of sp³-hybridized carbons (Fsp3) is 0.250. The van der Waals surface area contributed by atoms with Crippen LogP contribution < -0.4 is 0 Å². The summed E-state index contributed by atoms with van der Waals surface area (Å²) in [6, 6.07) is 0. The molecule has 0 fully saturated rings. The molecule has 0 N–H and O–H groups in total. The van der Waals surface area contributed by atoms with Crippen molar-refractivity contribution in [1.82, 2.24) is 0 Å². The van der Waals surface area contributed by atoms with Crippen molar-refractivity contribution < 1.29 is 18.0 Å². The van der Waals surface area contributed by atoms with Crippen molar-refractivity contribution in [1.29, 1.82) is 0 Å². The van der Waals surface area contributed by atoms with Crippen LogP contribution in [0.5, 0.6) is 0 Å². The molecule has 1 aliphatic carbocycles. The summed E-state index contributed by atoms with van der Waals surface area (Å²) in [6.07, 6.45) is 0. The Balaban J connectivity index is 3.06. The van der Waals surface area contributed by atoms with Gasteiger partial charge in [-0.05, 0) is 0 Å². The molecule has 0 heterocycles. The van der Waals surface area contributed by atoms with Crippen molar-refractivity contribution in [2.75, 3.05) is 0 Å². The van der Waals surface area contributed by atoms with Crippen LogP contribution in [0.2, 0.25) is 0 Å². The molecule has 0 aromatic rings. The summed E-state index contributed by atoms with van der Waals surface area (Å²) in [6.45, 7) is 0. The Bertz CT molecular complexity index is 208. The van der Waals surface area contributed by atoms with Crippen LogP contribution >= 0.6 is 11.6 Å². The largest absolute Gasteiger partial charge is 0.363 e. The lowest BCUT2D eigenvalue weighted by Gasteiger charge is -2.20. The Morgan fingerprint density at radius 1 is 1.44 bits per heavy atom. The molecule has 0 bridgehead atoms. The summed E-state index contributed by atoms with van der Waals surface area (Å²) in [5, 5.41) is -0.986. The van der Waals surface area contributed by atoms with E-state index in [-0.39, 0.29) is 0 Å². The van der Waals surface area contributed by atoms with E-state index < -0.39 is 22.6 Å². The van der Waals surface area contributed by atoms with E-state index in [4.69, 9.17) is 11.6 Å². The molecule has 0 radical (unpaired) electrons. The molecule has 0 saturated heterocycles. The zero-order chi connectivity index (χ0) is 7.23. The van der Waals surface area contributed by atoms with E-state index in [1.807, 2.05) is 0 Å². The normalized spacial score (nSPS) is 24.2. The highest BCUT2D eigenvalue weighted by atomic mass is 35.5. The molecule has 0 atom stereocenters. The summed E-state index contributed by atoms with van der Waals surface area (Å²) in [5.41, 5.74) is 0. The number of halogens is 4. The van der Waals surface area contributed by atoms with Crippen molar-refractivity contribution in [2.24, 2.45) is 0 Å². The Morgan fingerprint density at radius 2 is 1.89 bits per heavy atom. The van der Waals surface area contributed by atoms with Gasteiger partial charge in [0.2, 0.25) is 0 Å². The van der Waals surface area contributed by atoms with Crippen LogP contribution in [0.1, 0.15) is 0 Å². The third-order valence-corrected chi connectivity index (χ3v) is 1.29. The lowest BCUT2D eigenvalue weighted by molar-refractivity contribution is -0.140. The van der Waals surface area contributed by atoms with Gasteiger partial charge in [0.05, 0.1) is 0 Å². The standard InChI is InChI=1S/C4ClF3O/c5-1-2(6)4(7,8)3(1)9. The lowest BCUT2D eigenvalue weighted by atomic mass is 10.0. The van der Waals surface area contributed by atoms with E-state index >= 15 is 0 Å². The Morgan fingerprint density at radius 3 is 2.00 bits per heavy atom. The smallest absolute Gasteiger partial charge is 0.286 e. The van der Waals surface area contributed by atoms with Gasteiger partial charge in [-0.2, -0.15) is 8.78 Å². The fourth-order valence-electron chi connectivity index (χ4n) is 0.413. The second kappa shape index (κ2) is 1.50. The van der Waals surface area contributed by atoms with Crippen molar-refractivity contribution in [3.05, 3.63) is 10.9 Å². The first-order valence-corrected chi connectivity index (χ1v) is 2.34. The highest BCUT2D eigenvalue weighted by Crippen LogP contribution is 2.42. The van der Waals surface area contributed by atoms with Gasteiger partial charge in [0, 0.05) is 0 Å². The molecular weight excluding hydrogens is 156 g/mol. The minimum atomic E-state index is -3.95. The third-order valence-electron chi connectivity index (χ3n) is 0.953.